The lowest BCUT2D eigenvalue weighted by atomic mass is 10.1. The number of aryl methyl sites for hydroxylation is 2. The lowest BCUT2D eigenvalue weighted by Crippen LogP contribution is -2.29. The van der Waals surface area contributed by atoms with Crippen molar-refractivity contribution in [3.05, 3.63) is 58.7 Å². The van der Waals surface area contributed by atoms with Crippen molar-refractivity contribution < 1.29 is 17.9 Å². The summed E-state index contributed by atoms with van der Waals surface area (Å²) >= 11 is 0. The molecule has 0 aliphatic heterocycles. The van der Waals surface area contributed by atoms with Gasteiger partial charge in [-0.2, -0.15) is 0 Å². The SMILES string of the molecule is Cc1ccc(C)c(OCCNC(=O)c2cccc(NS(C)(=O)=O)c2C)c1. The summed E-state index contributed by atoms with van der Waals surface area (Å²) in [6.45, 7) is 6.35. The molecule has 2 aromatic carbocycles. The van der Waals surface area contributed by atoms with Gasteiger partial charge in [-0.25, -0.2) is 8.42 Å². The Morgan fingerprint density at radius 1 is 1.12 bits per heavy atom. The Morgan fingerprint density at radius 3 is 2.54 bits per heavy atom. The summed E-state index contributed by atoms with van der Waals surface area (Å²) in [4.78, 5) is 12.4. The number of nitrogens with one attached hydrogen (secondary N) is 2. The molecule has 0 unspecified atom stereocenters. The predicted octanol–water partition coefficient (Wildman–Crippen LogP) is 2.79. The second kappa shape index (κ2) is 8.23. The highest BCUT2D eigenvalue weighted by Crippen LogP contribution is 2.20. The molecule has 0 bridgehead atoms. The molecular formula is C19H24N2O4S. The summed E-state index contributed by atoms with van der Waals surface area (Å²) in [5.41, 5.74) is 3.54. The summed E-state index contributed by atoms with van der Waals surface area (Å²) < 4.78 is 30.9. The third kappa shape index (κ3) is 5.49. The molecule has 0 heterocycles. The molecule has 0 radical (unpaired) electrons. The summed E-state index contributed by atoms with van der Waals surface area (Å²) in [6.07, 6.45) is 1.07. The number of amides is 1. The molecule has 0 spiro atoms. The van der Waals surface area contributed by atoms with E-state index in [-0.39, 0.29) is 5.91 Å². The number of benzene rings is 2. The first-order valence-electron chi connectivity index (χ1n) is 8.23. The van der Waals surface area contributed by atoms with Gasteiger partial charge in [-0.3, -0.25) is 9.52 Å². The fourth-order valence-electron chi connectivity index (χ4n) is 2.48. The van der Waals surface area contributed by atoms with Gasteiger partial charge in [0.1, 0.15) is 12.4 Å². The number of hydrogen-bond acceptors (Lipinski definition) is 4. The Hall–Kier alpha value is -2.54. The number of carbonyl (C=O) groups is 1. The van der Waals surface area contributed by atoms with Gasteiger partial charge in [0.2, 0.25) is 10.0 Å². The molecule has 140 valence electrons. The number of anilines is 1. The van der Waals surface area contributed by atoms with Crippen LogP contribution >= 0.6 is 0 Å². The zero-order chi connectivity index (χ0) is 19.3. The van der Waals surface area contributed by atoms with Crippen molar-refractivity contribution in [3.8, 4) is 5.75 Å². The monoisotopic (exact) mass is 376 g/mol. The Labute approximate surface area is 154 Å². The van der Waals surface area contributed by atoms with Crippen molar-refractivity contribution in [2.24, 2.45) is 0 Å². The van der Waals surface area contributed by atoms with E-state index in [1.807, 2.05) is 32.0 Å². The van der Waals surface area contributed by atoms with E-state index >= 15 is 0 Å². The maximum Gasteiger partial charge on any atom is 0.251 e. The average Bonchev–Trinajstić information content (AvgIpc) is 2.55. The van der Waals surface area contributed by atoms with E-state index in [0.717, 1.165) is 23.1 Å². The Balaban J connectivity index is 1.96. The van der Waals surface area contributed by atoms with Gasteiger partial charge in [0.05, 0.1) is 18.5 Å². The van der Waals surface area contributed by atoms with Crippen LogP contribution in [0.5, 0.6) is 5.75 Å². The van der Waals surface area contributed by atoms with Crippen LogP contribution in [0.3, 0.4) is 0 Å². The lowest BCUT2D eigenvalue weighted by Gasteiger charge is -2.13. The van der Waals surface area contributed by atoms with Crippen LogP contribution in [0, 0.1) is 20.8 Å². The van der Waals surface area contributed by atoms with Crippen LogP contribution in [-0.4, -0.2) is 33.7 Å². The smallest absolute Gasteiger partial charge is 0.251 e. The molecule has 0 aromatic heterocycles. The molecule has 7 heteroatoms. The van der Waals surface area contributed by atoms with Crippen molar-refractivity contribution in [1.29, 1.82) is 0 Å². The third-order valence-electron chi connectivity index (χ3n) is 3.86. The van der Waals surface area contributed by atoms with Crippen molar-refractivity contribution in [3.63, 3.8) is 0 Å². The number of ether oxygens (including phenoxy) is 1. The second-order valence-corrected chi connectivity index (χ2v) is 7.97. The first-order chi connectivity index (χ1) is 12.2. The van der Waals surface area contributed by atoms with Gasteiger partial charge >= 0.3 is 0 Å². The van der Waals surface area contributed by atoms with E-state index in [9.17, 15) is 13.2 Å². The second-order valence-electron chi connectivity index (χ2n) is 6.23. The Bertz CT molecular complexity index is 908. The van der Waals surface area contributed by atoms with Crippen molar-refractivity contribution in [1.82, 2.24) is 5.32 Å². The standard InChI is InChI=1S/C19H24N2O4S/c1-13-8-9-14(2)18(12-13)25-11-10-20-19(22)16-6-5-7-17(15(16)3)21-26(4,23)24/h5-9,12,21H,10-11H2,1-4H3,(H,20,22). The third-order valence-corrected chi connectivity index (χ3v) is 4.45. The summed E-state index contributed by atoms with van der Waals surface area (Å²) in [5, 5.41) is 2.79. The fraction of sp³-hybridized carbons (Fsp3) is 0.316. The molecule has 6 nitrogen and oxygen atoms in total. The lowest BCUT2D eigenvalue weighted by molar-refractivity contribution is 0.0946. The van der Waals surface area contributed by atoms with Gasteiger partial charge in [0.15, 0.2) is 0 Å². The summed E-state index contributed by atoms with van der Waals surface area (Å²) in [5.74, 6) is 0.527. The quantitative estimate of drug-likeness (QED) is 0.728. The van der Waals surface area contributed by atoms with Gasteiger partial charge in [0.25, 0.3) is 5.91 Å². The summed E-state index contributed by atoms with van der Waals surface area (Å²) in [6, 6.07) is 10.9. The highest BCUT2D eigenvalue weighted by atomic mass is 32.2. The van der Waals surface area contributed by atoms with E-state index < -0.39 is 10.0 Å². The zero-order valence-corrected chi connectivity index (χ0v) is 16.2. The Kier molecular flexibility index (Phi) is 6.26. The number of rotatable bonds is 7. The van der Waals surface area contributed by atoms with Gasteiger partial charge in [0, 0.05) is 5.56 Å². The average molecular weight is 376 g/mol. The van der Waals surface area contributed by atoms with Crippen LogP contribution in [0.2, 0.25) is 0 Å². The van der Waals surface area contributed by atoms with Crippen LogP contribution in [0.4, 0.5) is 5.69 Å². The minimum absolute atomic E-state index is 0.274. The van der Waals surface area contributed by atoms with E-state index in [0.29, 0.717) is 30.0 Å². The topological polar surface area (TPSA) is 84.5 Å². The van der Waals surface area contributed by atoms with E-state index in [2.05, 4.69) is 10.0 Å². The molecule has 0 atom stereocenters. The first-order valence-corrected chi connectivity index (χ1v) is 10.1. The molecular weight excluding hydrogens is 352 g/mol. The van der Waals surface area contributed by atoms with Gasteiger partial charge < -0.3 is 10.1 Å². The van der Waals surface area contributed by atoms with E-state index in [1.165, 1.54) is 0 Å². The molecule has 1 amide bonds. The minimum atomic E-state index is -3.40. The van der Waals surface area contributed by atoms with Gasteiger partial charge in [-0.1, -0.05) is 18.2 Å². The maximum absolute atomic E-state index is 12.4. The molecule has 2 N–H and O–H groups in total. The van der Waals surface area contributed by atoms with Crippen LogP contribution in [-0.2, 0) is 10.0 Å². The minimum Gasteiger partial charge on any atom is -0.491 e. The number of carbonyl (C=O) groups excluding carboxylic acids is 1. The van der Waals surface area contributed by atoms with Crippen LogP contribution in [0.25, 0.3) is 0 Å². The number of hydrogen-bond donors (Lipinski definition) is 2. The highest BCUT2D eigenvalue weighted by Gasteiger charge is 2.13. The molecule has 0 fully saturated rings. The fourth-order valence-corrected chi connectivity index (χ4v) is 3.10. The van der Waals surface area contributed by atoms with Crippen molar-refractivity contribution in [2.45, 2.75) is 20.8 Å². The van der Waals surface area contributed by atoms with Gasteiger partial charge in [-0.05, 0) is 55.7 Å². The first kappa shape index (κ1) is 19.8. The largest absolute Gasteiger partial charge is 0.491 e. The Morgan fingerprint density at radius 2 is 1.85 bits per heavy atom. The zero-order valence-electron chi connectivity index (χ0n) is 15.4. The highest BCUT2D eigenvalue weighted by molar-refractivity contribution is 7.92. The molecule has 0 saturated carbocycles. The van der Waals surface area contributed by atoms with Crippen molar-refractivity contribution >= 4 is 21.6 Å². The van der Waals surface area contributed by atoms with Crippen LogP contribution in [0.1, 0.15) is 27.0 Å². The van der Waals surface area contributed by atoms with Crippen LogP contribution < -0.4 is 14.8 Å². The molecule has 2 rings (SSSR count). The van der Waals surface area contributed by atoms with Crippen LogP contribution in [0.15, 0.2) is 36.4 Å². The predicted molar refractivity (Wildman–Crippen MR) is 103 cm³/mol. The number of sulfonamides is 1. The molecule has 0 aliphatic rings. The summed E-state index contributed by atoms with van der Waals surface area (Å²) in [7, 11) is -3.40. The maximum atomic E-state index is 12.4. The normalized spacial score (nSPS) is 11.1. The van der Waals surface area contributed by atoms with Gasteiger partial charge in [-0.15, -0.1) is 0 Å². The van der Waals surface area contributed by atoms with E-state index in [1.54, 1.807) is 25.1 Å². The molecule has 0 aliphatic carbocycles. The van der Waals surface area contributed by atoms with E-state index in [4.69, 9.17) is 4.74 Å². The molecule has 2 aromatic rings. The molecule has 0 saturated heterocycles. The molecule has 26 heavy (non-hydrogen) atoms. The van der Waals surface area contributed by atoms with Crippen molar-refractivity contribution in [2.75, 3.05) is 24.1 Å².